The summed E-state index contributed by atoms with van der Waals surface area (Å²) in [5, 5.41) is 2.79. The zero-order valence-corrected chi connectivity index (χ0v) is 16.1. The molecule has 28 heavy (non-hydrogen) atoms. The molecule has 0 radical (unpaired) electrons. The van der Waals surface area contributed by atoms with Crippen molar-refractivity contribution in [1.29, 1.82) is 0 Å². The normalized spacial score (nSPS) is 11.1. The first-order valence-corrected chi connectivity index (χ1v) is 9.79. The van der Waals surface area contributed by atoms with Gasteiger partial charge in [0, 0.05) is 11.2 Å². The summed E-state index contributed by atoms with van der Waals surface area (Å²) in [7, 11) is -4.23. The highest BCUT2D eigenvalue weighted by atomic mass is 35.5. The minimum atomic E-state index is -4.23. The summed E-state index contributed by atoms with van der Waals surface area (Å²) in [5.41, 5.74) is 0.770. The van der Waals surface area contributed by atoms with Crippen molar-refractivity contribution in [2.45, 2.75) is 11.8 Å². The molecule has 0 unspecified atom stereocenters. The van der Waals surface area contributed by atoms with Gasteiger partial charge in [0.2, 0.25) is 0 Å². The van der Waals surface area contributed by atoms with E-state index in [1.807, 2.05) is 0 Å². The molecule has 1 amide bonds. The molecule has 2 aromatic carbocycles. The second-order valence-electron chi connectivity index (χ2n) is 5.72. The lowest BCUT2D eigenvalue weighted by Gasteiger charge is -2.14. The molecular weight excluding hydrogens is 407 g/mol. The van der Waals surface area contributed by atoms with Crippen molar-refractivity contribution in [3.05, 3.63) is 77.1 Å². The summed E-state index contributed by atoms with van der Waals surface area (Å²) in [6, 6.07) is 9.10. The van der Waals surface area contributed by atoms with Gasteiger partial charge in [0.15, 0.2) is 0 Å². The van der Waals surface area contributed by atoms with Gasteiger partial charge in [0.1, 0.15) is 16.4 Å². The van der Waals surface area contributed by atoms with Crippen LogP contribution in [0.25, 0.3) is 0 Å². The van der Waals surface area contributed by atoms with Gasteiger partial charge in [-0.1, -0.05) is 23.7 Å². The summed E-state index contributed by atoms with van der Waals surface area (Å²) < 4.78 is 41.2. The maximum absolute atomic E-state index is 13.9. The smallest absolute Gasteiger partial charge is 0.275 e. The number of nitrogens with zero attached hydrogens (tertiary/aromatic N) is 2. The van der Waals surface area contributed by atoms with Gasteiger partial charge in [0.25, 0.3) is 15.9 Å². The highest BCUT2D eigenvalue weighted by Gasteiger charge is 2.21. The van der Waals surface area contributed by atoms with Crippen LogP contribution in [0.2, 0.25) is 5.02 Å². The van der Waals surface area contributed by atoms with Crippen LogP contribution in [0.4, 0.5) is 15.8 Å². The molecule has 0 spiro atoms. The van der Waals surface area contributed by atoms with Crippen LogP contribution in [-0.4, -0.2) is 24.3 Å². The van der Waals surface area contributed by atoms with Gasteiger partial charge >= 0.3 is 0 Å². The number of amides is 1. The van der Waals surface area contributed by atoms with E-state index in [0.717, 1.165) is 12.1 Å². The molecule has 3 rings (SSSR count). The average Bonchev–Trinajstić information content (AvgIpc) is 2.64. The monoisotopic (exact) mass is 420 g/mol. The van der Waals surface area contributed by atoms with Crippen molar-refractivity contribution in [2.75, 3.05) is 10.0 Å². The van der Waals surface area contributed by atoms with E-state index in [9.17, 15) is 17.6 Å². The quantitative estimate of drug-likeness (QED) is 0.656. The number of anilines is 2. The van der Waals surface area contributed by atoms with Crippen LogP contribution in [0.15, 0.2) is 59.8 Å². The van der Waals surface area contributed by atoms with E-state index in [4.69, 9.17) is 11.6 Å². The lowest BCUT2D eigenvalue weighted by Crippen LogP contribution is -2.18. The number of carbonyl (C=O) groups excluding carboxylic acids is 1. The van der Waals surface area contributed by atoms with E-state index in [-0.39, 0.29) is 22.1 Å². The number of carbonyl (C=O) groups is 1. The predicted molar refractivity (Wildman–Crippen MR) is 103 cm³/mol. The fourth-order valence-corrected chi connectivity index (χ4v) is 3.60. The predicted octanol–water partition coefficient (Wildman–Crippen LogP) is 3.63. The van der Waals surface area contributed by atoms with Crippen LogP contribution in [0.3, 0.4) is 0 Å². The van der Waals surface area contributed by atoms with Gasteiger partial charge in [-0.05, 0) is 37.3 Å². The van der Waals surface area contributed by atoms with Gasteiger partial charge in [0.05, 0.1) is 23.3 Å². The molecule has 0 aliphatic rings. The molecule has 1 heterocycles. The number of nitrogens with one attached hydrogen (secondary N) is 2. The van der Waals surface area contributed by atoms with Gasteiger partial charge in [-0.2, -0.15) is 0 Å². The maximum atomic E-state index is 13.9. The molecule has 2 N–H and O–H groups in total. The fourth-order valence-electron chi connectivity index (χ4n) is 2.27. The largest absolute Gasteiger partial charge is 0.319 e. The van der Waals surface area contributed by atoms with Crippen molar-refractivity contribution in [2.24, 2.45) is 0 Å². The molecule has 0 aliphatic carbocycles. The van der Waals surface area contributed by atoms with Gasteiger partial charge in [-0.25, -0.2) is 17.8 Å². The first-order chi connectivity index (χ1) is 13.3. The molecule has 0 saturated heterocycles. The van der Waals surface area contributed by atoms with Crippen molar-refractivity contribution in [3.63, 3.8) is 0 Å². The number of aryl methyl sites for hydroxylation is 1. The zero-order chi connectivity index (χ0) is 20.3. The van der Waals surface area contributed by atoms with Crippen molar-refractivity contribution < 1.29 is 17.6 Å². The first-order valence-electron chi connectivity index (χ1n) is 7.93. The highest BCUT2D eigenvalue weighted by Crippen LogP contribution is 2.29. The maximum Gasteiger partial charge on any atom is 0.275 e. The van der Waals surface area contributed by atoms with E-state index < -0.39 is 26.6 Å². The molecule has 0 fully saturated rings. The van der Waals surface area contributed by atoms with Crippen molar-refractivity contribution in [1.82, 2.24) is 9.97 Å². The number of sulfonamides is 1. The first kappa shape index (κ1) is 19.7. The highest BCUT2D eigenvalue weighted by molar-refractivity contribution is 7.92. The van der Waals surface area contributed by atoms with Crippen LogP contribution < -0.4 is 10.0 Å². The van der Waals surface area contributed by atoms with Crippen LogP contribution >= 0.6 is 11.6 Å². The van der Waals surface area contributed by atoms with Crippen molar-refractivity contribution in [3.8, 4) is 0 Å². The second-order valence-corrected chi connectivity index (χ2v) is 7.81. The number of hydrogen-bond donors (Lipinski definition) is 2. The average molecular weight is 421 g/mol. The SMILES string of the molecule is Cc1cnc(C(=O)Nc2cc(Cl)ccc2NS(=O)(=O)c2ccccc2F)cn1. The Morgan fingerprint density at radius 1 is 1.07 bits per heavy atom. The number of hydrogen-bond acceptors (Lipinski definition) is 5. The Morgan fingerprint density at radius 3 is 2.50 bits per heavy atom. The molecule has 144 valence electrons. The summed E-state index contributed by atoms with van der Waals surface area (Å²) in [6.07, 6.45) is 2.72. The molecule has 0 bridgehead atoms. The summed E-state index contributed by atoms with van der Waals surface area (Å²) in [5.74, 6) is -1.51. The lowest BCUT2D eigenvalue weighted by atomic mass is 10.2. The van der Waals surface area contributed by atoms with Crippen LogP contribution in [0.1, 0.15) is 16.2 Å². The van der Waals surface area contributed by atoms with Gasteiger partial charge < -0.3 is 5.32 Å². The zero-order valence-electron chi connectivity index (χ0n) is 14.5. The Morgan fingerprint density at radius 2 is 1.82 bits per heavy atom. The standard InChI is InChI=1S/C18H14ClFN4O3S/c1-11-9-22-16(10-21-11)18(25)23-15-8-12(19)6-7-14(15)24-28(26,27)17-5-3-2-4-13(17)20/h2-10,24H,1H3,(H,23,25). The van der Waals surface area contributed by atoms with Crippen LogP contribution in [0.5, 0.6) is 0 Å². The second kappa shape index (κ2) is 7.91. The Kier molecular flexibility index (Phi) is 5.57. The van der Waals surface area contributed by atoms with Crippen LogP contribution in [-0.2, 0) is 10.0 Å². The third kappa shape index (κ3) is 4.44. The van der Waals surface area contributed by atoms with Crippen LogP contribution in [0, 0.1) is 12.7 Å². The topological polar surface area (TPSA) is 101 Å². The molecule has 10 heteroatoms. The summed E-state index contributed by atoms with van der Waals surface area (Å²) >= 11 is 5.96. The lowest BCUT2D eigenvalue weighted by molar-refractivity contribution is 0.102. The number of aromatic nitrogens is 2. The third-order valence-corrected chi connectivity index (χ3v) is 5.25. The molecule has 0 atom stereocenters. The van der Waals surface area contributed by atoms with Gasteiger partial charge in [-0.15, -0.1) is 0 Å². The summed E-state index contributed by atoms with van der Waals surface area (Å²) in [4.78, 5) is 19.8. The van der Waals surface area contributed by atoms with E-state index in [2.05, 4.69) is 20.0 Å². The Bertz CT molecular complexity index is 1140. The third-order valence-electron chi connectivity index (χ3n) is 3.61. The van der Waals surface area contributed by atoms with Gasteiger partial charge in [-0.3, -0.25) is 14.5 Å². The fraction of sp³-hybridized carbons (Fsp3) is 0.0556. The van der Waals surface area contributed by atoms with E-state index in [0.29, 0.717) is 5.69 Å². The molecule has 3 aromatic rings. The Hall–Kier alpha value is -3.04. The van der Waals surface area contributed by atoms with E-state index >= 15 is 0 Å². The molecular formula is C18H14ClFN4O3S. The number of rotatable bonds is 5. The molecule has 0 saturated carbocycles. The minimum absolute atomic E-state index is 0.0149. The number of benzene rings is 2. The Balaban J connectivity index is 1.92. The number of halogens is 2. The minimum Gasteiger partial charge on any atom is -0.319 e. The summed E-state index contributed by atoms with van der Waals surface area (Å²) in [6.45, 7) is 1.72. The van der Waals surface area contributed by atoms with E-state index in [1.165, 1.54) is 42.7 Å². The molecule has 0 aliphatic heterocycles. The molecule has 7 nitrogen and oxygen atoms in total. The van der Waals surface area contributed by atoms with Crippen molar-refractivity contribution >= 4 is 38.9 Å². The molecule has 1 aromatic heterocycles. The Labute approximate surface area is 165 Å². The van der Waals surface area contributed by atoms with E-state index in [1.54, 1.807) is 6.92 Å².